The average molecular weight is 419 g/mol. The summed E-state index contributed by atoms with van der Waals surface area (Å²) in [6, 6.07) is 11.4. The molecule has 2 aromatic rings. The smallest absolute Gasteiger partial charge is 0.171 e. The second-order valence-electron chi connectivity index (χ2n) is 7.89. The van der Waals surface area contributed by atoms with Crippen molar-refractivity contribution in [1.29, 1.82) is 0 Å². The SMILES string of the molecule is CC[NH+]1CC[NH+]([C@H](c2cccs2)[C@@H](C)NC(=S)Nc2cccc(C)c2C)CC1. The predicted molar refractivity (Wildman–Crippen MR) is 124 cm³/mol. The zero-order valence-corrected chi connectivity index (χ0v) is 19.1. The quantitative estimate of drug-likeness (QED) is 0.538. The third-order valence-corrected chi connectivity index (χ3v) is 7.28. The summed E-state index contributed by atoms with van der Waals surface area (Å²) in [4.78, 5) is 4.85. The Bertz CT molecular complexity index is 767. The Hall–Kier alpha value is -1.47. The Morgan fingerprint density at radius 3 is 2.54 bits per heavy atom. The van der Waals surface area contributed by atoms with Crippen molar-refractivity contribution in [3.05, 3.63) is 51.7 Å². The molecular formula is C22H34N4S2+2. The van der Waals surface area contributed by atoms with Crippen LogP contribution in [-0.4, -0.2) is 43.9 Å². The van der Waals surface area contributed by atoms with Gasteiger partial charge < -0.3 is 20.4 Å². The molecule has 3 rings (SSSR count). The molecular weight excluding hydrogens is 384 g/mol. The standard InChI is InChI=1S/C22H32N4S2/c1-5-25-11-13-26(14-12-25)21(20-10-7-15-28-20)18(4)23-22(27)24-19-9-6-8-16(2)17(19)3/h6-10,15,18,21H,5,11-14H2,1-4H3,(H2,23,24,27)/p+2/t18-,21+/m1/s1. The predicted octanol–water partition coefficient (Wildman–Crippen LogP) is 1.58. The maximum Gasteiger partial charge on any atom is 0.171 e. The first-order chi connectivity index (χ1) is 13.5. The molecule has 152 valence electrons. The fourth-order valence-corrected chi connectivity index (χ4v) is 5.48. The van der Waals surface area contributed by atoms with Crippen LogP contribution in [0.1, 0.15) is 35.9 Å². The first kappa shape index (κ1) is 21.2. The van der Waals surface area contributed by atoms with Crippen molar-refractivity contribution in [3.8, 4) is 0 Å². The first-order valence-corrected chi connectivity index (χ1v) is 11.6. The lowest BCUT2D eigenvalue weighted by molar-refractivity contribution is -1.03. The molecule has 0 bridgehead atoms. The minimum Gasteiger partial charge on any atom is -0.354 e. The number of hydrogen-bond acceptors (Lipinski definition) is 2. The van der Waals surface area contributed by atoms with Crippen molar-refractivity contribution in [1.82, 2.24) is 5.32 Å². The molecule has 0 radical (unpaired) electrons. The number of hydrogen-bond donors (Lipinski definition) is 4. The van der Waals surface area contributed by atoms with Gasteiger partial charge in [0, 0.05) is 5.69 Å². The van der Waals surface area contributed by atoms with Gasteiger partial charge in [-0.1, -0.05) is 18.2 Å². The second kappa shape index (κ2) is 9.83. The highest BCUT2D eigenvalue weighted by Gasteiger charge is 2.34. The van der Waals surface area contributed by atoms with Gasteiger partial charge in [0.25, 0.3) is 0 Å². The number of thiophene rings is 1. The molecule has 1 saturated heterocycles. The lowest BCUT2D eigenvalue weighted by Crippen LogP contribution is -3.28. The number of aryl methyl sites for hydroxylation is 1. The number of thiocarbonyl (C=S) groups is 1. The number of quaternary nitrogens is 2. The summed E-state index contributed by atoms with van der Waals surface area (Å²) >= 11 is 7.53. The van der Waals surface area contributed by atoms with E-state index < -0.39 is 0 Å². The third-order valence-electron chi connectivity index (χ3n) is 6.10. The fourth-order valence-electron chi connectivity index (χ4n) is 4.19. The molecule has 0 unspecified atom stereocenters. The van der Waals surface area contributed by atoms with Gasteiger partial charge in [0.2, 0.25) is 0 Å². The number of nitrogens with one attached hydrogen (secondary N) is 4. The number of piperazine rings is 1. The Kier molecular flexibility index (Phi) is 7.46. The van der Waals surface area contributed by atoms with E-state index in [1.807, 2.05) is 11.3 Å². The molecule has 28 heavy (non-hydrogen) atoms. The zero-order chi connectivity index (χ0) is 20.1. The molecule has 4 N–H and O–H groups in total. The van der Waals surface area contributed by atoms with Crippen molar-refractivity contribution in [3.63, 3.8) is 0 Å². The van der Waals surface area contributed by atoms with E-state index in [0.717, 1.165) is 5.69 Å². The van der Waals surface area contributed by atoms with Crippen molar-refractivity contribution in [2.45, 2.75) is 39.8 Å². The van der Waals surface area contributed by atoms with Crippen LogP contribution in [0, 0.1) is 13.8 Å². The molecule has 4 nitrogen and oxygen atoms in total. The van der Waals surface area contributed by atoms with E-state index in [2.05, 4.69) is 74.0 Å². The minimum atomic E-state index is 0.266. The average Bonchev–Trinajstić information content (AvgIpc) is 3.20. The molecule has 0 spiro atoms. The van der Waals surface area contributed by atoms with Gasteiger partial charge >= 0.3 is 0 Å². The lowest BCUT2D eigenvalue weighted by Gasteiger charge is -2.37. The molecule has 0 aliphatic carbocycles. The molecule has 1 aliphatic rings. The van der Waals surface area contributed by atoms with Crippen LogP contribution in [0.3, 0.4) is 0 Å². The number of rotatable bonds is 6. The van der Waals surface area contributed by atoms with Crippen LogP contribution in [0.15, 0.2) is 35.7 Å². The Morgan fingerprint density at radius 1 is 1.14 bits per heavy atom. The highest BCUT2D eigenvalue weighted by atomic mass is 32.1. The van der Waals surface area contributed by atoms with Gasteiger partial charge in [-0.05, 0) is 68.6 Å². The van der Waals surface area contributed by atoms with Gasteiger partial charge in [-0.2, -0.15) is 0 Å². The molecule has 2 heterocycles. The minimum absolute atomic E-state index is 0.266. The van der Waals surface area contributed by atoms with E-state index in [4.69, 9.17) is 12.2 Å². The first-order valence-electron chi connectivity index (χ1n) is 10.3. The Labute approximate surface area is 178 Å². The largest absolute Gasteiger partial charge is 0.354 e. The number of anilines is 1. The van der Waals surface area contributed by atoms with Crippen molar-refractivity contribution in [2.24, 2.45) is 0 Å². The van der Waals surface area contributed by atoms with Crippen LogP contribution in [0.25, 0.3) is 0 Å². The van der Waals surface area contributed by atoms with Crippen LogP contribution in [-0.2, 0) is 0 Å². The summed E-state index contributed by atoms with van der Waals surface area (Å²) in [6.07, 6.45) is 0. The number of benzene rings is 1. The summed E-state index contributed by atoms with van der Waals surface area (Å²) in [7, 11) is 0. The Morgan fingerprint density at radius 2 is 1.89 bits per heavy atom. The second-order valence-corrected chi connectivity index (χ2v) is 9.28. The summed E-state index contributed by atoms with van der Waals surface area (Å²) in [5.41, 5.74) is 3.61. The monoisotopic (exact) mass is 418 g/mol. The van der Waals surface area contributed by atoms with Crippen LogP contribution in [0.2, 0.25) is 0 Å². The highest BCUT2D eigenvalue weighted by Crippen LogP contribution is 2.21. The van der Waals surface area contributed by atoms with Crippen molar-refractivity contribution in [2.75, 3.05) is 38.0 Å². The van der Waals surface area contributed by atoms with E-state index in [1.165, 1.54) is 48.7 Å². The molecule has 2 atom stereocenters. The van der Waals surface area contributed by atoms with Gasteiger partial charge in [0.15, 0.2) is 5.11 Å². The van der Waals surface area contributed by atoms with Crippen LogP contribution in [0.4, 0.5) is 5.69 Å². The van der Waals surface area contributed by atoms with E-state index in [9.17, 15) is 0 Å². The van der Waals surface area contributed by atoms with Gasteiger partial charge in [0.1, 0.15) is 32.2 Å². The number of likely N-dealkylation sites (N-methyl/N-ethyl adjacent to an activating group) is 1. The molecule has 0 saturated carbocycles. The van der Waals surface area contributed by atoms with Gasteiger partial charge in [-0.15, -0.1) is 11.3 Å². The van der Waals surface area contributed by atoms with Gasteiger partial charge in [-0.25, -0.2) is 0 Å². The topological polar surface area (TPSA) is 32.9 Å². The van der Waals surface area contributed by atoms with Crippen LogP contribution >= 0.6 is 23.6 Å². The maximum absolute atomic E-state index is 5.67. The van der Waals surface area contributed by atoms with Gasteiger partial charge in [0.05, 0.1) is 17.5 Å². The molecule has 0 amide bonds. The summed E-state index contributed by atoms with van der Waals surface area (Å²) in [5.74, 6) is 0. The van der Waals surface area contributed by atoms with Crippen molar-refractivity contribution < 1.29 is 9.80 Å². The maximum atomic E-state index is 5.67. The van der Waals surface area contributed by atoms with E-state index in [0.29, 0.717) is 11.2 Å². The molecule has 1 aromatic carbocycles. The van der Waals surface area contributed by atoms with E-state index >= 15 is 0 Å². The third kappa shape index (κ3) is 5.11. The molecule has 1 aliphatic heterocycles. The summed E-state index contributed by atoms with van der Waals surface area (Å²) in [6.45, 7) is 15.0. The zero-order valence-electron chi connectivity index (χ0n) is 17.5. The van der Waals surface area contributed by atoms with E-state index in [-0.39, 0.29) is 6.04 Å². The van der Waals surface area contributed by atoms with Crippen LogP contribution in [0.5, 0.6) is 0 Å². The normalized spacial score (nSPS) is 21.7. The summed E-state index contributed by atoms with van der Waals surface area (Å²) in [5, 5.41) is 9.89. The molecule has 6 heteroatoms. The fraction of sp³-hybridized carbons (Fsp3) is 0.500. The molecule has 1 fully saturated rings. The highest BCUT2D eigenvalue weighted by molar-refractivity contribution is 7.80. The van der Waals surface area contributed by atoms with Gasteiger partial charge in [-0.3, -0.25) is 0 Å². The lowest BCUT2D eigenvalue weighted by atomic mass is 10.0. The summed E-state index contributed by atoms with van der Waals surface area (Å²) < 4.78 is 0. The van der Waals surface area contributed by atoms with Crippen LogP contribution < -0.4 is 20.4 Å². The van der Waals surface area contributed by atoms with E-state index in [1.54, 1.807) is 9.80 Å². The Balaban J connectivity index is 1.68. The van der Waals surface area contributed by atoms with Crippen molar-refractivity contribution >= 4 is 34.4 Å². The molecule has 1 aromatic heterocycles.